The molecule has 0 amide bonds. The van der Waals surface area contributed by atoms with Crippen LogP contribution in [-0.2, 0) is 12.8 Å². The molecule has 20 heavy (non-hydrogen) atoms. The van der Waals surface area contributed by atoms with Crippen LogP contribution >= 0.6 is 11.6 Å². The van der Waals surface area contributed by atoms with E-state index in [1.54, 1.807) is 24.3 Å². The minimum absolute atomic E-state index is 0.00243. The third-order valence-electron chi connectivity index (χ3n) is 2.62. The molecular weight excluding hydrogens is 293 g/mol. The highest BCUT2D eigenvalue weighted by Crippen LogP contribution is 2.36. The molecule has 0 aliphatic carbocycles. The monoisotopic (exact) mass is 302 g/mol. The highest BCUT2D eigenvalue weighted by atomic mass is 35.5. The van der Waals surface area contributed by atoms with Gasteiger partial charge in [0.15, 0.2) is 0 Å². The van der Waals surface area contributed by atoms with Gasteiger partial charge < -0.3 is 9.84 Å². The fraction of sp³-hybridized carbons (Fsp3) is 0.143. The first-order valence-electron chi connectivity index (χ1n) is 5.65. The Hall–Kier alpha value is -1.72. The Morgan fingerprint density at radius 3 is 2.40 bits per heavy atom. The summed E-state index contributed by atoms with van der Waals surface area (Å²) in [6.45, 7) is -0.693. The summed E-state index contributed by atoms with van der Waals surface area (Å²) in [6.07, 6.45) is -4.56. The SMILES string of the molecule is OCc1ccc(Oc2ccccc2Cl)cc1C(F)(F)F. The molecule has 0 saturated carbocycles. The van der Waals surface area contributed by atoms with E-state index in [2.05, 4.69) is 0 Å². The molecule has 2 aromatic rings. The van der Waals surface area contributed by atoms with E-state index < -0.39 is 18.3 Å². The number of ether oxygens (including phenoxy) is 1. The zero-order valence-electron chi connectivity index (χ0n) is 10.1. The molecule has 0 aromatic heterocycles. The molecule has 106 valence electrons. The second-order valence-corrected chi connectivity index (χ2v) is 4.41. The maximum absolute atomic E-state index is 12.8. The number of rotatable bonds is 3. The first-order chi connectivity index (χ1) is 9.41. The third-order valence-corrected chi connectivity index (χ3v) is 2.93. The molecule has 0 heterocycles. The highest BCUT2D eigenvalue weighted by molar-refractivity contribution is 6.32. The summed E-state index contributed by atoms with van der Waals surface area (Å²) in [5.74, 6) is 0.265. The number of alkyl halides is 3. The molecule has 0 radical (unpaired) electrons. The first-order valence-corrected chi connectivity index (χ1v) is 6.03. The fourth-order valence-corrected chi connectivity index (χ4v) is 1.85. The third kappa shape index (κ3) is 3.23. The Bertz CT molecular complexity index is 612. The van der Waals surface area contributed by atoms with Gasteiger partial charge in [-0.2, -0.15) is 13.2 Å². The van der Waals surface area contributed by atoms with Gasteiger partial charge in [-0.25, -0.2) is 0 Å². The Balaban J connectivity index is 2.37. The van der Waals surface area contributed by atoms with Crippen LogP contribution in [0, 0.1) is 0 Å². The Kier molecular flexibility index (Phi) is 4.20. The number of hydrogen-bond donors (Lipinski definition) is 1. The highest BCUT2D eigenvalue weighted by Gasteiger charge is 2.33. The molecule has 1 N–H and O–H groups in total. The Labute approximate surface area is 118 Å². The minimum Gasteiger partial charge on any atom is -0.456 e. The first kappa shape index (κ1) is 14.7. The van der Waals surface area contributed by atoms with Gasteiger partial charge in [-0.15, -0.1) is 0 Å². The zero-order chi connectivity index (χ0) is 14.8. The van der Waals surface area contributed by atoms with Crippen molar-refractivity contribution in [3.05, 3.63) is 58.6 Å². The molecule has 0 aliphatic rings. The topological polar surface area (TPSA) is 29.5 Å². The summed E-state index contributed by atoms with van der Waals surface area (Å²) in [6, 6.07) is 9.84. The van der Waals surface area contributed by atoms with E-state index in [4.69, 9.17) is 21.4 Å². The van der Waals surface area contributed by atoms with Crippen molar-refractivity contribution < 1.29 is 23.0 Å². The molecule has 2 aromatic carbocycles. The van der Waals surface area contributed by atoms with Crippen molar-refractivity contribution in [1.29, 1.82) is 0 Å². The van der Waals surface area contributed by atoms with Gasteiger partial charge in [-0.05, 0) is 29.8 Å². The molecule has 2 nitrogen and oxygen atoms in total. The predicted molar refractivity (Wildman–Crippen MR) is 68.9 cm³/mol. The summed E-state index contributed by atoms with van der Waals surface area (Å²) in [5, 5.41) is 9.24. The van der Waals surface area contributed by atoms with E-state index in [-0.39, 0.29) is 17.1 Å². The van der Waals surface area contributed by atoms with Gasteiger partial charge in [0.05, 0.1) is 17.2 Å². The van der Waals surface area contributed by atoms with Crippen LogP contribution in [0.4, 0.5) is 13.2 Å². The fourth-order valence-electron chi connectivity index (χ4n) is 1.68. The van der Waals surface area contributed by atoms with E-state index >= 15 is 0 Å². The molecule has 0 saturated heterocycles. The van der Waals surface area contributed by atoms with Crippen LogP contribution < -0.4 is 4.74 Å². The number of halogens is 4. The van der Waals surface area contributed by atoms with Crippen molar-refractivity contribution in [3.63, 3.8) is 0 Å². The lowest BCUT2D eigenvalue weighted by atomic mass is 10.1. The van der Waals surface area contributed by atoms with E-state index in [0.29, 0.717) is 5.02 Å². The molecule has 6 heteroatoms. The van der Waals surface area contributed by atoms with Crippen molar-refractivity contribution in [1.82, 2.24) is 0 Å². The van der Waals surface area contributed by atoms with Gasteiger partial charge in [-0.1, -0.05) is 29.8 Å². The summed E-state index contributed by atoms with van der Waals surface area (Å²) >= 11 is 5.88. The van der Waals surface area contributed by atoms with Crippen molar-refractivity contribution in [2.75, 3.05) is 0 Å². The zero-order valence-corrected chi connectivity index (χ0v) is 10.9. The number of aliphatic hydroxyl groups is 1. The Morgan fingerprint density at radius 2 is 1.80 bits per heavy atom. The standard InChI is InChI=1S/C14H10ClF3O2/c15-12-3-1-2-4-13(12)20-10-6-5-9(8-19)11(7-10)14(16,17)18/h1-7,19H,8H2. The van der Waals surface area contributed by atoms with Gasteiger partial charge in [0, 0.05) is 0 Å². The molecular formula is C14H10ClF3O2. The molecule has 0 fully saturated rings. The minimum atomic E-state index is -4.56. The van der Waals surface area contributed by atoms with E-state index in [9.17, 15) is 13.2 Å². The van der Waals surface area contributed by atoms with E-state index in [1.807, 2.05) is 0 Å². The second-order valence-electron chi connectivity index (χ2n) is 4.01. The van der Waals surface area contributed by atoms with Crippen LogP contribution in [0.25, 0.3) is 0 Å². The van der Waals surface area contributed by atoms with Crippen molar-refractivity contribution >= 4 is 11.6 Å². The number of aliphatic hydroxyl groups excluding tert-OH is 1. The number of para-hydroxylation sites is 1. The molecule has 0 unspecified atom stereocenters. The second kappa shape index (κ2) is 5.73. The summed E-state index contributed by atoms with van der Waals surface area (Å²) in [4.78, 5) is 0. The van der Waals surface area contributed by atoms with Crippen molar-refractivity contribution in [2.24, 2.45) is 0 Å². The largest absolute Gasteiger partial charge is 0.456 e. The Morgan fingerprint density at radius 1 is 1.10 bits per heavy atom. The molecule has 2 rings (SSSR count). The summed E-state index contributed by atoms with van der Waals surface area (Å²) in [7, 11) is 0. The van der Waals surface area contributed by atoms with Crippen molar-refractivity contribution in [3.8, 4) is 11.5 Å². The van der Waals surface area contributed by atoms with Crippen LogP contribution in [0.1, 0.15) is 11.1 Å². The molecule has 0 aliphatic heterocycles. The molecule has 0 atom stereocenters. The van der Waals surface area contributed by atoms with E-state index in [1.165, 1.54) is 12.1 Å². The smallest absolute Gasteiger partial charge is 0.416 e. The average Bonchev–Trinajstić information content (AvgIpc) is 2.40. The molecule has 0 bridgehead atoms. The van der Waals surface area contributed by atoms with Gasteiger partial charge >= 0.3 is 6.18 Å². The lowest BCUT2D eigenvalue weighted by molar-refractivity contribution is -0.138. The van der Waals surface area contributed by atoms with Gasteiger partial charge in [0.2, 0.25) is 0 Å². The number of benzene rings is 2. The predicted octanol–water partition coefficient (Wildman–Crippen LogP) is 4.64. The summed E-state index contributed by atoms with van der Waals surface area (Å²) in [5.41, 5.74) is -1.13. The maximum atomic E-state index is 12.8. The number of hydrogen-bond acceptors (Lipinski definition) is 2. The lowest BCUT2D eigenvalue weighted by Crippen LogP contribution is -2.09. The van der Waals surface area contributed by atoms with Crippen molar-refractivity contribution in [2.45, 2.75) is 12.8 Å². The summed E-state index contributed by atoms with van der Waals surface area (Å²) < 4.78 is 43.9. The quantitative estimate of drug-likeness (QED) is 0.894. The van der Waals surface area contributed by atoms with Crippen LogP contribution in [0.3, 0.4) is 0 Å². The lowest BCUT2D eigenvalue weighted by Gasteiger charge is -2.14. The van der Waals surface area contributed by atoms with Crippen LogP contribution in [0.15, 0.2) is 42.5 Å². The van der Waals surface area contributed by atoms with Crippen LogP contribution in [-0.4, -0.2) is 5.11 Å². The van der Waals surface area contributed by atoms with Crippen LogP contribution in [0.2, 0.25) is 5.02 Å². The van der Waals surface area contributed by atoms with Crippen LogP contribution in [0.5, 0.6) is 11.5 Å². The maximum Gasteiger partial charge on any atom is 0.416 e. The van der Waals surface area contributed by atoms with Gasteiger partial charge in [-0.3, -0.25) is 0 Å². The average molecular weight is 303 g/mol. The van der Waals surface area contributed by atoms with E-state index in [0.717, 1.165) is 6.07 Å². The van der Waals surface area contributed by atoms with Gasteiger partial charge in [0.25, 0.3) is 0 Å². The normalized spacial score (nSPS) is 11.4. The molecule has 0 spiro atoms. The van der Waals surface area contributed by atoms with Gasteiger partial charge in [0.1, 0.15) is 11.5 Å².